The lowest BCUT2D eigenvalue weighted by Crippen LogP contribution is -2.29. The molecule has 0 saturated heterocycles. The van der Waals surface area contributed by atoms with Gasteiger partial charge >= 0.3 is 0 Å². The van der Waals surface area contributed by atoms with Crippen LogP contribution in [0.1, 0.15) is 29.1 Å². The Morgan fingerprint density at radius 1 is 1.19 bits per heavy atom. The average molecular weight is 303 g/mol. The van der Waals surface area contributed by atoms with Gasteiger partial charge in [-0.05, 0) is 49.2 Å². The first-order chi connectivity index (χ1) is 10.2. The molecule has 0 unspecified atom stereocenters. The number of hydrogen-bond donors (Lipinski definition) is 0. The van der Waals surface area contributed by atoms with Crippen LogP contribution >= 0.6 is 11.3 Å². The molecule has 1 heterocycles. The summed E-state index contributed by atoms with van der Waals surface area (Å²) in [4.78, 5) is 15.8. The number of likely N-dealkylation sites (N-methyl/N-ethyl adjacent to an activating group) is 1. The summed E-state index contributed by atoms with van der Waals surface area (Å²) in [6.07, 6.45) is 0. The summed E-state index contributed by atoms with van der Waals surface area (Å²) >= 11 is 1.73. The van der Waals surface area contributed by atoms with Crippen molar-refractivity contribution in [2.75, 3.05) is 19.7 Å². The fourth-order valence-corrected chi connectivity index (χ4v) is 2.85. The van der Waals surface area contributed by atoms with Crippen LogP contribution in [0.2, 0.25) is 0 Å². The van der Waals surface area contributed by atoms with Crippen LogP contribution in [0.15, 0.2) is 41.8 Å². The fraction of sp³-hybridized carbons (Fsp3) is 0.353. The van der Waals surface area contributed by atoms with Gasteiger partial charge in [0.1, 0.15) is 5.75 Å². The summed E-state index contributed by atoms with van der Waals surface area (Å²) in [6.45, 7) is 6.81. The number of carbonyl (C=O) groups is 1. The average Bonchev–Trinajstić information content (AvgIpc) is 3.00. The van der Waals surface area contributed by atoms with Crippen LogP contribution in [0.3, 0.4) is 0 Å². The van der Waals surface area contributed by atoms with E-state index in [1.165, 1.54) is 4.88 Å². The molecule has 112 valence electrons. The molecule has 0 radical (unpaired) electrons. The van der Waals surface area contributed by atoms with E-state index in [1.54, 1.807) is 11.3 Å². The van der Waals surface area contributed by atoms with E-state index in [4.69, 9.17) is 4.74 Å². The Bertz CT molecular complexity index is 549. The predicted octanol–water partition coefficient (Wildman–Crippen LogP) is 3.85. The smallest absolute Gasteiger partial charge is 0.176 e. The molecule has 2 rings (SSSR count). The second kappa shape index (κ2) is 7.96. The maximum Gasteiger partial charge on any atom is 0.176 e. The van der Waals surface area contributed by atoms with Crippen molar-refractivity contribution < 1.29 is 9.53 Å². The van der Waals surface area contributed by atoms with Crippen LogP contribution in [0.5, 0.6) is 5.75 Å². The Kier molecular flexibility index (Phi) is 5.96. The molecule has 0 aliphatic rings. The van der Waals surface area contributed by atoms with Crippen molar-refractivity contribution in [3.8, 4) is 5.75 Å². The summed E-state index contributed by atoms with van der Waals surface area (Å²) in [5.41, 5.74) is 0.739. The Labute approximate surface area is 130 Å². The van der Waals surface area contributed by atoms with Gasteiger partial charge in [-0.25, -0.2) is 0 Å². The van der Waals surface area contributed by atoms with Crippen molar-refractivity contribution in [3.05, 3.63) is 52.2 Å². The number of nitrogens with zero attached hydrogens (tertiary/aromatic N) is 1. The summed E-state index contributed by atoms with van der Waals surface area (Å²) in [5.74, 6) is 0.955. The first kappa shape index (κ1) is 15.7. The molecular formula is C17H21NO2S. The molecule has 0 aliphatic heterocycles. The summed E-state index contributed by atoms with van der Waals surface area (Å²) in [7, 11) is 0. The van der Waals surface area contributed by atoms with E-state index in [1.807, 2.05) is 37.3 Å². The molecule has 0 bridgehead atoms. The number of ether oxygens (including phenoxy) is 1. The molecule has 0 atom stereocenters. The highest BCUT2D eigenvalue weighted by molar-refractivity contribution is 7.09. The van der Waals surface area contributed by atoms with Crippen molar-refractivity contribution in [1.82, 2.24) is 4.90 Å². The van der Waals surface area contributed by atoms with Crippen molar-refractivity contribution in [2.45, 2.75) is 20.4 Å². The van der Waals surface area contributed by atoms with Crippen molar-refractivity contribution >= 4 is 17.1 Å². The Morgan fingerprint density at radius 3 is 2.52 bits per heavy atom. The predicted molar refractivity (Wildman–Crippen MR) is 87.2 cm³/mol. The van der Waals surface area contributed by atoms with E-state index in [0.29, 0.717) is 13.2 Å². The Balaban J connectivity index is 1.95. The minimum atomic E-state index is 0.149. The lowest BCUT2D eigenvalue weighted by molar-refractivity contribution is 0.0930. The van der Waals surface area contributed by atoms with E-state index in [2.05, 4.69) is 23.3 Å². The number of rotatable bonds is 8. The normalized spacial score (nSPS) is 10.8. The van der Waals surface area contributed by atoms with Crippen molar-refractivity contribution in [3.63, 3.8) is 0 Å². The van der Waals surface area contributed by atoms with Gasteiger partial charge in [0, 0.05) is 17.0 Å². The van der Waals surface area contributed by atoms with Gasteiger partial charge in [-0.15, -0.1) is 11.3 Å². The zero-order chi connectivity index (χ0) is 15.1. The Hall–Kier alpha value is -1.65. The lowest BCUT2D eigenvalue weighted by Gasteiger charge is -2.18. The van der Waals surface area contributed by atoms with Gasteiger partial charge < -0.3 is 4.74 Å². The summed E-state index contributed by atoms with van der Waals surface area (Å²) in [6, 6.07) is 11.5. The molecular weight excluding hydrogens is 282 g/mol. The van der Waals surface area contributed by atoms with Crippen LogP contribution in [0.25, 0.3) is 0 Å². The molecule has 1 aromatic carbocycles. The molecule has 3 nitrogen and oxygen atoms in total. The monoisotopic (exact) mass is 303 g/mol. The van der Waals surface area contributed by atoms with E-state index in [0.717, 1.165) is 24.4 Å². The quantitative estimate of drug-likeness (QED) is 0.694. The standard InChI is InChI=1S/C17H21NO2S/c1-3-18(12-16-6-5-11-21-16)13-17(19)14-7-9-15(10-8-14)20-4-2/h5-11H,3-4,12-13H2,1-2H3. The van der Waals surface area contributed by atoms with Gasteiger partial charge in [0.15, 0.2) is 5.78 Å². The highest BCUT2D eigenvalue weighted by Crippen LogP contribution is 2.15. The fourth-order valence-electron chi connectivity index (χ4n) is 2.10. The minimum absolute atomic E-state index is 0.149. The van der Waals surface area contributed by atoms with Crippen LogP contribution in [-0.2, 0) is 6.54 Å². The maximum atomic E-state index is 12.3. The van der Waals surface area contributed by atoms with Gasteiger partial charge in [-0.2, -0.15) is 0 Å². The first-order valence-corrected chi connectivity index (χ1v) is 8.11. The third-order valence-corrected chi connectivity index (χ3v) is 4.12. The van der Waals surface area contributed by atoms with Gasteiger partial charge in [0.05, 0.1) is 13.2 Å². The number of benzene rings is 1. The van der Waals surface area contributed by atoms with Gasteiger partial charge in [0.2, 0.25) is 0 Å². The molecule has 2 aromatic rings. The zero-order valence-corrected chi connectivity index (χ0v) is 13.4. The molecule has 0 spiro atoms. The second-order valence-electron chi connectivity index (χ2n) is 4.76. The molecule has 4 heteroatoms. The van der Waals surface area contributed by atoms with Crippen LogP contribution in [0, 0.1) is 0 Å². The maximum absolute atomic E-state index is 12.3. The molecule has 0 saturated carbocycles. The largest absolute Gasteiger partial charge is 0.494 e. The minimum Gasteiger partial charge on any atom is -0.494 e. The van der Waals surface area contributed by atoms with Gasteiger partial charge in [-0.1, -0.05) is 13.0 Å². The van der Waals surface area contributed by atoms with Crippen molar-refractivity contribution in [1.29, 1.82) is 0 Å². The number of thiophene rings is 1. The van der Waals surface area contributed by atoms with E-state index < -0.39 is 0 Å². The number of ketones is 1. The third kappa shape index (κ3) is 4.69. The molecule has 21 heavy (non-hydrogen) atoms. The highest BCUT2D eigenvalue weighted by atomic mass is 32.1. The molecule has 0 aliphatic carbocycles. The summed E-state index contributed by atoms with van der Waals surface area (Å²) < 4.78 is 5.39. The van der Waals surface area contributed by atoms with E-state index >= 15 is 0 Å². The van der Waals surface area contributed by atoms with Crippen LogP contribution in [-0.4, -0.2) is 30.4 Å². The topological polar surface area (TPSA) is 29.5 Å². The van der Waals surface area contributed by atoms with E-state index in [9.17, 15) is 4.79 Å². The molecule has 1 aromatic heterocycles. The van der Waals surface area contributed by atoms with Crippen molar-refractivity contribution in [2.24, 2.45) is 0 Å². The number of hydrogen-bond acceptors (Lipinski definition) is 4. The zero-order valence-electron chi connectivity index (χ0n) is 12.5. The van der Waals surface area contributed by atoms with E-state index in [-0.39, 0.29) is 5.78 Å². The lowest BCUT2D eigenvalue weighted by atomic mass is 10.1. The summed E-state index contributed by atoms with van der Waals surface area (Å²) in [5, 5.41) is 2.07. The van der Waals surface area contributed by atoms with Gasteiger partial charge in [0.25, 0.3) is 0 Å². The third-order valence-electron chi connectivity index (χ3n) is 3.26. The highest BCUT2D eigenvalue weighted by Gasteiger charge is 2.12. The molecule has 0 fully saturated rings. The first-order valence-electron chi connectivity index (χ1n) is 7.23. The molecule has 0 N–H and O–H groups in total. The number of carbonyl (C=O) groups excluding carboxylic acids is 1. The van der Waals surface area contributed by atoms with Gasteiger partial charge in [-0.3, -0.25) is 9.69 Å². The van der Waals surface area contributed by atoms with Crippen LogP contribution in [0.4, 0.5) is 0 Å². The van der Waals surface area contributed by atoms with Crippen LogP contribution < -0.4 is 4.74 Å². The second-order valence-corrected chi connectivity index (χ2v) is 5.80. The number of Topliss-reactive ketones (excluding diaryl/α,β-unsaturated/α-hetero) is 1. The Morgan fingerprint density at radius 2 is 1.95 bits per heavy atom. The molecule has 0 amide bonds. The SMILES string of the molecule is CCOc1ccc(C(=O)CN(CC)Cc2cccs2)cc1.